The molecule has 2 heteroatoms. The largest absolute Gasteiger partial charge is 0.456 e. The van der Waals surface area contributed by atoms with Crippen molar-refractivity contribution in [1.29, 1.82) is 0 Å². The van der Waals surface area contributed by atoms with Gasteiger partial charge >= 0.3 is 0 Å². The van der Waals surface area contributed by atoms with Crippen LogP contribution in [-0.4, -0.2) is 0 Å². The summed E-state index contributed by atoms with van der Waals surface area (Å²) in [4.78, 5) is 0. The molecule has 1 aromatic heterocycles. The van der Waals surface area contributed by atoms with Crippen LogP contribution >= 0.6 is 11.6 Å². The van der Waals surface area contributed by atoms with Gasteiger partial charge in [0.1, 0.15) is 11.3 Å². The van der Waals surface area contributed by atoms with Gasteiger partial charge in [-0.25, -0.2) is 0 Å². The predicted octanol–water partition coefficient (Wildman–Crippen LogP) is 6.98. The quantitative estimate of drug-likeness (QED) is 0.365. The van der Waals surface area contributed by atoms with Crippen LogP contribution in [-0.2, 0) is 0 Å². The van der Waals surface area contributed by atoms with E-state index in [1.165, 1.54) is 0 Å². The van der Waals surface area contributed by atoms with E-state index in [9.17, 15) is 0 Å². The van der Waals surface area contributed by atoms with E-state index in [4.69, 9.17) is 16.0 Å². The summed E-state index contributed by atoms with van der Waals surface area (Å²) in [5, 5.41) is 1.87. The topological polar surface area (TPSA) is 13.1 Å². The van der Waals surface area contributed by atoms with Gasteiger partial charge in [-0.2, -0.15) is 0 Å². The van der Waals surface area contributed by atoms with Gasteiger partial charge in [0.25, 0.3) is 0 Å². The smallest absolute Gasteiger partial charge is 0.138 e. The Morgan fingerprint density at radius 1 is 0.840 bits per heavy atom. The molecule has 0 fully saturated rings. The predicted molar refractivity (Wildman–Crippen MR) is 106 cm³/mol. The van der Waals surface area contributed by atoms with E-state index in [2.05, 4.69) is 31.2 Å². The Morgan fingerprint density at radius 3 is 2.24 bits per heavy atom. The van der Waals surface area contributed by atoms with Gasteiger partial charge in [0, 0.05) is 21.5 Å². The van der Waals surface area contributed by atoms with Gasteiger partial charge in [-0.1, -0.05) is 72.3 Å². The second-order valence-corrected chi connectivity index (χ2v) is 6.46. The first-order valence-electron chi connectivity index (χ1n) is 8.23. The number of para-hydroxylation sites is 1. The Labute approximate surface area is 152 Å². The zero-order chi connectivity index (χ0) is 17.2. The molecule has 0 amide bonds. The van der Waals surface area contributed by atoms with Gasteiger partial charge in [0.15, 0.2) is 0 Å². The van der Waals surface area contributed by atoms with Crippen LogP contribution in [0.1, 0.15) is 22.5 Å². The second-order valence-electron chi connectivity index (χ2n) is 6.03. The number of hydrogen-bond acceptors (Lipinski definition) is 1. The molecule has 3 aromatic carbocycles. The minimum atomic E-state index is 0.726. The highest BCUT2D eigenvalue weighted by Crippen LogP contribution is 2.35. The van der Waals surface area contributed by atoms with Gasteiger partial charge in [-0.3, -0.25) is 0 Å². The molecular formula is C23H17ClO. The molecule has 0 bridgehead atoms. The van der Waals surface area contributed by atoms with E-state index < -0.39 is 0 Å². The number of rotatable bonds is 3. The van der Waals surface area contributed by atoms with E-state index in [-0.39, 0.29) is 0 Å². The summed E-state index contributed by atoms with van der Waals surface area (Å²) in [5.41, 5.74) is 5.31. The van der Waals surface area contributed by atoms with Crippen molar-refractivity contribution in [2.45, 2.75) is 6.92 Å². The Kier molecular flexibility index (Phi) is 4.17. The molecule has 4 rings (SSSR count). The van der Waals surface area contributed by atoms with E-state index in [0.29, 0.717) is 0 Å². The zero-order valence-electron chi connectivity index (χ0n) is 13.9. The number of benzene rings is 3. The van der Waals surface area contributed by atoms with Crippen LogP contribution in [0.3, 0.4) is 0 Å². The fourth-order valence-corrected chi connectivity index (χ4v) is 3.18. The molecular weight excluding hydrogens is 328 g/mol. The Balaban J connectivity index is 1.95. The molecule has 0 aliphatic carbocycles. The molecule has 0 radical (unpaired) electrons. The molecule has 1 heterocycles. The fraction of sp³-hybridized carbons (Fsp3) is 0.0435. The van der Waals surface area contributed by atoms with E-state index >= 15 is 0 Å². The van der Waals surface area contributed by atoms with Gasteiger partial charge in [-0.05, 0) is 42.3 Å². The maximum absolute atomic E-state index is 6.22. The van der Waals surface area contributed by atoms with Gasteiger partial charge < -0.3 is 4.42 Å². The molecule has 0 atom stereocenters. The molecule has 0 N–H and O–H groups in total. The number of aryl methyl sites for hydroxylation is 1. The van der Waals surface area contributed by atoms with Crippen molar-refractivity contribution in [3.8, 4) is 0 Å². The van der Waals surface area contributed by atoms with Crippen molar-refractivity contribution in [3.63, 3.8) is 0 Å². The first kappa shape index (κ1) is 15.7. The van der Waals surface area contributed by atoms with Crippen LogP contribution in [0.2, 0.25) is 5.02 Å². The van der Waals surface area contributed by atoms with Crippen molar-refractivity contribution in [2.24, 2.45) is 0 Å². The van der Waals surface area contributed by atoms with Crippen LogP contribution in [0.4, 0.5) is 0 Å². The first-order valence-corrected chi connectivity index (χ1v) is 8.61. The summed E-state index contributed by atoms with van der Waals surface area (Å²) in [6, 6.07) is 26.3. The number of furan rings is 1. The van der Waals surface area contributed by atoms with Crippen molar-refractivity contribution >= 4 is 34.2 Å². The maximum Gasteiger partial charge on any atom is 0.138 e. The van der Waals surface area contributed by atoms with Crippen LogP contribution in [0.25, 0.3) is 22.6 Å². The summed E-state index contributed by atoms with van der Waals surface area (Å²) in [6.07, 6.45) is 2.16. The highest BCUT2D eigenvalue weighted by molar-refractivity contribution is 6.30. The molecule has 122 valence electrons. The van der Waals surface area contributed by atoms with Crippen LogP contribution in [0, 0.1) is 6.92 Å². The molecule has 4 aromatic rings. The minimum Gasteiger partial charge on any atom is -0.456 e. The standard InChI is InChI=1S/C23H17ClO/c1-16-20-9-5-6-10-22(20)25-23(16)21(15-17-7-3-2-4-8-17)18-11-13-19(24)14-12-18/h2-15H,1H3/b21-15+. The average molecular weight is 345 g/mol. The fourth-order valence-electron chi connectivity index (χ4n) is 3.06. The molecule has 0 saturated carbocycles. The first-order chi connectivity index (χ1) is 12.2. The second kappa shape index (κ2) is 6.62. The van der Waals surface area contributed by atoms with Crippen LogP contribution < -0.4 is 0 Å². The number of halogens is 1. The molecule has 0 spiro atoms. The van der Waals surface area contributed by atoms with Crippen molar-refractivity contribution < 1.29 is 4.42 Å². The van der Waals surface area contributed by atoms with Crippen molar-refractivity contribution in [2.75, 3.05) is 0 Å². The molecule has 0 aliphatic rings. The molecule has 1 nitrogen and oxygen atoms in total. The Hall–Kier alpha value is -2.77. The number of hydrogen-bond donors (Lipinski definition) is 0. The highest BCUT2D eigenvalue weighted by atomic mass is 35.5. The highest BCUT2D eigenvalue weighted by Gasteiger charge is 2.16. The third-order valence-corrected chi connectivity index (χ3v) is 4.61. The van der Waals surface area contributed by atoms with Gasteiger partial charge in [0.05, 0.1) is 0 Å². The SMILES string of the molecule is Cc1c(/C(=C/c2ccccc2)c2ccc(Cl)cc2)oc2ccccc12. The van der Waals surface area contributed by atoms with Gasteiger partial charge in [0.2, 0.25) is 0 Å². The lowest BCUT2D eigenvalue weighted by atomic mass is 9.97. The molecule has 0 saturated heterocycles. The lowest BCUT2D eigenvalue weighted by Crippen LogP contribution is -1.89. The third-order valence-electron chi connectivity index (χ3n) is 4.35. The lowest BCUT2D eigenvalue weighted by Gasteiger charge is -2.08. The zero-order valence-corrected chi connectivity index (χ0v) is 14.6. The summed E-state index contributed by atoms with van der Waals surface area (Å²) in [7, 11) is 0. The maximum atomic E-state index is 6.22. The molecule has 25 heavy (non-hydrogen) atoms. The molecule has 0 unspecified atom stereocenters. The average Bonchev–Trinajstić information content (AvgIpc) is 2.98. The van der Waals surface area contributed by atoms with Crippen molar-refractivity contribution in [1.82, 2.24) is 0 Å². The van der Waals surface area contributed by atoms with E-state index in [0.717, 1.165) is 44.0 Å². The third kappa shape index (κ3) is 3.11. The van der Waals surface area contributed by atoms with Crippen molar-refractivity contribution in [3.05, 3.63) is 106 Å². The minimum absolute atomic E-state index is 0.726. The van der Waals surface area contributed by atoms with Gasteiger partial charge in [-0.15, -0.1) is 0 Å². The summed E-state index contributed by atoms with van der Waals surface area (Å²) >= 11 is 6.08. The lowest BCUT2D eigenvalue weighted by molar-refractivity contribution is 0.598. The summed E-state index contributed by atoms with van der Waals surface area (Å²) in [5.74, 6) is 0.896. The van der Waals surface area contributed by atoms with Crippen LogP contribution in [0.15, 0.2) is 83.3 Å². The Bertz CT molecular complexity index is 1040. The summed E-state index contributed by atoms with van der Waals surface area (Å²) in [6.45, 7) is 2.11. The number of fused-ring (bicyclic) bond motifs is 1. The normalized spacial score (nSPS) is 11.8. The summed E-state index contributed by atoms with van der Waals surface area (Å²) < 4.78 is 6.22. The Morgan fingerprint density at radius 2 is 1.52 bits per heavy atom. The van der Waals surface area contributed by atoms with E-state index in [1.807, 2.05) is 60.7 Å². The molecule has 0 aliphatic heterocycles. The van der Waals surface area contributed by atoms with Crippen LogP contribution in [0.5, 0.6) is 0 Å². The van der Waals surface area contributed by atoms with E-state index in [1.54, 1.807) is 0 Å². The monoisotopic (exact) mass is 344 g/mol.